The zero-order valence-electron chi connectivity index (χ0n) is 18.9. The Bertz CT molecular complexity index is 1470. The quantitative estimate of drug-likeness (QED) is 0.415. The van der Waals surface area contributed by atoms with Gasteiger partial charge in [-0.05, 0) is 50.8 Å². The number of rotatable bonds is 5. The lowest BCUT2D eigenvalue weighted by Gasteiger charge is -2.30. The zero-order chi connectivity index (χ0) is 24.0. The molecule has 1 fully saturated rings. The van der Waals surface area contributed by atoms with E-state index in [1.165, 1.54) is 19.2 Å². The van der Waals surface area contributed by atoms with Gasteiger partial charge in [0, 0.05) is 17.6 Å². The molecule has 4 aromatic rings. The number of methoxy groups -OCH3 is 1. The van der Waals surface area contributed by atoms with E-state index in [-0.39, 0.29) is 33.4 Å². The molecule has 9 nitrogen and oxygen atoms in total. The molecule has 3 heterocycles. The summed E-state index contributed by atoms with van der Waals surface area (Å²) >= 11 is 0. The number of carbonyl (C=O) groups is 1. The summed E-state index contributed by atoms with van der Waals surface area (Å²) in [5.41, 5.74) is 1.30. The van der Waals surface area contributed by atoms with Gasteiger partial charge in [0.1, 0.15) is 23.1 Å². The highest BCUT2D eigenvalue weighted by molar-refractivity contribution is 7.91. The smallest absolute Gasteiger partial charge is 0.308 e. The van der Waals surface area contributed by atoms with Crippen LogP contribution in [0.1, 0.15) is 50.6 Å². The summed E-state index contributed by atoms with van der Waals surface area (Å²) in [5.74, 6) is 0.0173. The first-order valence-corrected chi connectivity index (χ1v) is 12.8. The second-order valence-electron chi connectivity index (χ2n) is 8.72. The van der Waals surface area contributed by atoms with Gasteiger partial charge in [-0.15, -0.1) is 0 Å². The van der Waals surface area contributed by atoms with Gasteiger partial charge >= 0.3 is 5.97 Å². The molecule has 1 aromatic carbocycles. The van der Waals surface area contributed by atoms with E-state index in [0.717, 1.165) is 5.39 Å². The Morgan fingerprint density at radius 3 is 2.50 bits per heavy atom. The van der Waals surface area contributed by atoms with Gasteiger partial charge in [0.15, 0.2) is 5.03 Å². The van der Waals surface area contributed by atoms with Gasteiger partial charge in [0.25, 0.3) is 0 Å². The molecule has 1 saturated carbocycles. The predicted molar refractivity (Wildman–Crippen MR) is 125 cm³/mol. The summed E-state index contributed by atoms with van der Waals surface area (Å²) in [4.78, 5) is 24.3. The molecule has 0 unspecified atom stereocenters. The molecule has 0 aliphatic heterocycles. The van der Waals surface area contributed by atoms with Gasteiger partial charge in [0.05, 0.1) is 23.4 Å². The van der Waals surface area contributed by atoms with Crippen LogP contribution >= 0.6 is 0 Å². The lowest BCUT2D eigenvalue weighted by atomic mass is 9.85. The van der Waals surface area contributed by atoms with Crippen LogP contribution in [0, 0.1) is 5.92 Å². The van der Waals surface area contributed by atoms with Crippen molar-refractivity contribution in [1.82, 2.24) is 19.5 Å². The van der Waals surface area contributed by atoms with Crippen LogP contribution in [-0.4, -0.2) is 46.1 Å². The van der Waals surface area contributed by atoms with Gasteiger partial charge in [-0.2, -0.15) is 0 Å². The van der Waals surface area contributed by atoms with Crippen molar-refractivity contribution in [1.29, 1.82) is 0 Å². The zero-order valence-corrected chi connectivity index (χ0v) is 19.7. The summed E-state index contributed by atoms with van der Waals surface area (Å²) in [6, 6.07) is 9.93. The fraction of sp³-hybridized carbons (Fsp3) is 0.375. The van der Waals surface area contributed by atoms with Crippen molar-refractivity contribution in [3.05, 3.63) is 48.4 Å². The van der Waals surface area contributed by atoms with Gasteiger partial charge < -0.3 is 19.4 Å². The van der Waals surface area contributed by atoms with E-state index in [2.05, 4.69) is 15.0 Å². The molecule has 34 heavy (non-hydrogen) atoms. The Balaban J connectivity index is 1.73. The summed E-state index contributed by atoms with van der Waals surface area (Å²) in [5, 5.41) is 11.2. The van der Waals surface area contributed by atoms with E-state index >= 15 is 0 Å². The number of aliphatic hydroxyl groups is 1. The molecule has 1 aliphatic carbocycles. The fourth-order valence-corrected chi connectivity index (χ4v) is 6.30. The van der Waals surface area contributed by atoms with Crippen molar-refractivity contribution in [2.24, 2.45) is 5.92 Å². The molecule has 3 aromatic heterocycles. The van der Waals surface area contributed by atoms with Crippen molar-refractivity contribution < 1.29 is 23.1 Å². The minimum Gasteiger partial charge on any atom is -0.469 e. The van der Waals surface area contributed by atoms with Crippen LogP contribution in [0.3, 0.4) is 0 Å². The number of aromatic nitrogens is 4. The summed E-state index contributed by atoms with van der Waals surface area (Å²) in [7, 11) is -2.57. The minimum atomic E-state index is -3.97. The molecule has 5 rings (SSSR count). The second-order valence-corrected chi connectivity index (χ2v) is 10.6. The third kappa shape index (κ3) is 3.57. The fourth-order valence-electron chi connectivity index (χ4n) is 4.95. The maximum absolute atomic E-state index is 13.6. The van der Waals surface area contributed by atoms with Crippen LogP contribution < -0.4 is 0 Å². The molecular weight excluding hydrogens is 456 g/mol. The highest BCUT2D eigenvalue weighted by Gasteiger charge is 2.34. The standard InChI is InChI=1S/C24H26N4O5S/c1-14(29)22-26-19-20(28(22)16-10-8-15(9-11-16)24(30)33-2)18-12-13-25-21(18)27-23(19)34(31,32)17-6-4-3-5-7-17/h3-7,12-16,29H,8-11H2,1-2H3,(H,25,27)/t14-,15?,16?/m1/s1. The lowest BCUT2D eigenvalue weighted by Crippen LogP contribution is -2.25. The number of nitrogens with one attached hydrogen (secondary N) is 1. The van der Waals surface area contributed by atoms with Gasteiger partial charge in [-0.3, -0.25) is 4.79 Å². The highest BCUT2D eigenvalue weighted by atomic mass is 32.2. The molecule has 10 heteroatoms. The molecular formula is C24H26N4O5S. The molecule has 2 N–H and O–H groups in total. The number of sulfone groups is 1. The normalized spacial score (nSPS) is 20.0. The topological polar surface area (TPSA) is 127 Å². The number of aromatic amines is 1. The number of H-pyrrole nitrogens is 1. The molecule has 0 saturated heterocycles. The van der Waals surface area contributed by atoms with Crippen molar-refractivity contribution in [3.63, 3.8) is 0 Å². The first-order chi connectivity index (χ1) is 16.3. The molecule has 0 bridgehead atoms. The van der Waals surface area contributed by atoms with Crippen LogP contribution in [0.2, 0.25) is 0 Å². The first kappa shape index (κ1) is 22.5. The minimum absolute atomic E-state index is 0.0525. The molecule has 0 spiro atoms. The number of fused-ring (bicyclic) bond motifs is 3. The summed E-state index contributed by atoms with van der Waals surface area (Å²) in [6.45, 7) is 1.62. The van der Waals surface area contributed by atoms with Crippen LogP contribution in [0.4, 0.5) is 0 Å². The number of pyridine rings is 1. The van der Waals surface area contributed by atoms with E-state index in [1.807, 2.05) is 10.6 Å². The summed E-state index contributed by atoms with van der Waals surface area (Å²) < 4.78 is 34.0. The van der Waals surface area contributed by atoms with Crippen LogP contribution in [0.5, 0.6) is 0 Å². The Morgan fingerprint density at radius 1 is 1.15 bits per heavy atom. The highest BCUT2D eigenvalue weighted by Crippen LogP contribution is 2.40. The summed E-state index contributed by atoms with van der Waals surface area (Å²) in [6.07, 6.45) is 3.44. The first-order valence-electron chi connectivity index (χ1n) is 11.3. The van der Waals surface area contributed by atoms with E-state index in [9.17, 15) is 18.3 Å². The Labute approximate surface area is 196 Å². The Morgan fingerprint density at radius 2 is 1.85 bits per heavy atom. The van der Waals surface area contributed by atoms with Crippen molar-refractivity contribution in [2.45, 2.75) is 54.7 Å². The number of nitrogens with zero attached hydrogens (tertiary/aromatic N) is 3. The molecule has 0 radical (unpaired) electrons. The SMILES string of the molecule is COC(=O)C1CCC(n2c([C@@H](C)O)nc3c(S(=O)(=O)c4ccccc4)nc4[nH]ccc4c32)CC1. The number of imidazole rings is 1. The third-order valence-corrected chi connectivity index (χ3v) is 8.30. The number of hydrogen-bond acceptors (Lipinski definition) is 7. The molecule has 178 valence electrons. The van der Waals surface area contributed by atoms with Crippen molar-refractivity contribution in [2.75, 3.05) is 7.11 Å². The number of benzene rings is 1. The van der Waals surface area contributed by atoms with Gasteiger partial charge in [0.2, 0.25) is 9.84 Å². The molecule has 1 atom stereocenters. The van der Waals surface area contributed by atoms with Gasteiger partial charge in [-0.1, -0.05) is 18.2 Å². The van der Waals surface area contributed by atoms with Gasteiger partial charge in [-0.25, -0.2) is 18.4 Å². The number of ether oxygens (including phenoxy) is 1. The second kappa shape index (κ2) is 8.52. The predicted octanol–water partition coefficient (Wildman–Crippen LogP) is 3.70. The van der Waals surface area contributed by atoms with E-state index < -0.39 is 15.9 Å². The van der Waals surface area contributed by atoms with Crippen LogP contribution in [0.25, 0.3) is 22.1 Å². The van der Waals surface area contributed by atoms with E-state index in [1.54, 1.807) is 31.3 Å². The van der Waals surface area contributed by atoms with Crippen LogP contribution in [0.15, 0.2) is 52.5 Å². The third-order valence-electron chi connectivity index (χ3n) is 6.61. The molecule has 0 amide bonds. The van der Waals surface area contributed by atoms with Crippen molar-refractivity contribution in [3.8, 4) is 0 Å². The largest absolute Gasteiger partial charge is 0.469 e. The number of hydrogen-bond donors (Lipinski definition) is 2. The van der Waals surface area contributed by atoms with Crippen molar-refractivity contribution >= 4 is 37.9 Å². The number of esters is 1. The Hall–Kier alpha value is -3.24. The number of aliphatic hydroxyl groups excluding tert-OH is 1. The lowest BCUT2D eigenvalue weighted by molar-refractivity contribution is -0.146. The molecule has 1 aliphatic rings. The maximum Gasteiger partial charge on any atom is 0.308 e. The maximum atomic E-state index is 13.6. The number of carbonyl (C=O) groups excluding carboxylic acids is 1. The van der Waals surface area contributed by atoms with E-state index in [4.69, 9.17) is 4.74 Å². The Kier molecular flexibility index (Phi) is 5.65. The van der Waals surface area contributed by atoms with Crippen LogP contribution in [-0.2, 0) is 19.4 Å². The average Bonchev–Trinajstić information content (AvgIpc) is 3.48. The monoisotopic (exact) mass is 482 g/mol. The average molecular weight is 483 g/mol. The van der Waals surface area contributed by atoms with E-state index in [0.29, 0.717) is 42.7 Å².